The van der Waals surface area contributed by atoms with Crippen LogP contribution in [0.5, 0.6) is 0 Å². The van der Waals surface area contributed by atoms with E-state index in [0.717, 1.165) is 24.3 Å². The Morgan fingerprint density at radius 1 is 1.45 bits per heavy atom. The van der Waals surface area contributed by atoms with Crippen molar-refractivity contribution in [2.45, 2.75) is 38.8 Å². The van der Waals surface area contributed by atoms with Gasteiger partial charge in [-0.1, -0.05) is 6.92 Å². The number of pyridine rings is 1. The third kappa shape index (κ3) is 2.34. The zero-order valence-electron chi connectivity index (χ0n) is 11.9. The second-order valence-electron chi connectivity index (χ2n) is 5.28. The van der Waals surface area contributed by atoms with Crippen LogP contribution in [0.4, 0.5) is 5.69 Å². The molecule has 3 heterocycles. The fourth-order valence-corrected chi connectivity index (χ4v) is 3.80. The molecule has 0 fully saturated rings. The minimum absolute atomic E-state index is 0.397. The zero-order chi connectivity index (χ0) is 14.1. The molecule has 3 nitrogen and oxygen atoms in total. The first-order valence-electron chi connectivity index (χ1n) is 7.17. The molecule has 0 spiro atoms. The molecule has 2 atom stereocenters. The predicted octanol–water partition coefficient (Wildman–Crippen LogP) is 3.71. The number of aromatic nitrogens is 1. The predicted molar refractivity (Wildman–Crippen MR) is 83.3 cm³/mol. The van der Waals surface area contributed by atoms with Crippen molar-refractivity contribution in [2.75, 3.05) is 11.4 Å². The van der Waals surface area contributed by atoms with Crippen LogP contribution in [-0.4, -0.2) is 16.6 Å². The molecule has 0 saturated heterocycles. The van der Waals surface area contributed by atoms with Crippen molar-refractivity contribution in [2.24, 2.45) is 0 Å². The van der Waals surface area contributed by atoms with E-state index in [0.29, 0.717) is 12.5 Å². The average molecular weight is 288 g/mol. The molecule has 0 bridgehead atoms. The molecule has 0 aliphatic carbocycles. The van der Waals surface area contributed by atoms with Gasteiger partial charge in [-0.15, -0.1) is 11.3 Å². The Balaban J connectivity index is 1.83. The lowest BCUT2D eigenvalue weighted by Crippen LogP contribution is -2.33. The largest absolute Gasteiger partial charge is 0.387 e. The van der Waals surface area contributed by atoms with Crippen LogP contribution in [0.15, 0.2) is 29.8 Å². The molecule has 1 N–H and O–H groups in total. The second kappa shape index (κ2) is 5.54. The number of fused-ring (bicyclic) bond motifs is 1. The number of anilines is 1. The summed E-state index contributed by atoms with van der Waals surface area (Å²) in [4.78, 5) is 8.32. The monoisotopic (exact) mass is 288 g/mol. The van der Waals surface area contributed by atoms with Gasteiger partial charge in [0.05, 0.1) is 29.7 Å². The van der Waals surface area contributed by atoms with E-state index in [4.69, 9.17) is 0 Å². The molecular weight excluding hydrogens is 268 g/mol. The van der Waals surface area contributed by atoms with Gasteiger partial charge in [0.25, 0.3) is 0 Å². The molecule has 20 heavy (non-hydrogen) atoms. The maximum absolute atomic E-state index is 9.81. The highest BCUT2D eigenvalue weighted by molar-refractivity contribution is 7.10. The summed E-state index contributed by atoms with van der Waals surface area (Å²) in [6.45, 7) is 5.25. The van der Waals surface area contributed by atoms with E-state index >= 15 is 0 Å². The van der Waals surface area contributed by atoms with E-state index in [1.807, 2.05) is 30.5 Å². The topological polar surface area (TPSA) is 36.4 Å². The van der Waals surface area contributed by atoms with Crippen LogP contribution in [-0.2, 0) is 6.42 Å². The maximum Gasteiger partial charge on any atom is 0.0957 e. The summed E-state index contributed by atoms with van der Waals surface area (Å²) in [5.74, 6) is 0. The van der Waals surface area contributed by atoms with Crippen LogP contribution in [0, 0.1) is 0 Å². The molecule has 0 aromatic carbocycles. The van der Waals surface area contributed by atoms with Crippen molar-refractivity contribution in [1.29, 1.82) is 0 Å². The average Bonchev–Trinajstić information content (AvgIpc) is 2.96. The van der Waals surface area contributed by atoms with Crippen molar-refractivity contribution in [3.63, 3.8) is 0 Å². The molecule has 3 rings (SSSR count). The van der Waals surface area contributed by atoms with Gasteiger partial charge in [-0.05, 0) is 48.9 Å². The quantitative estimate of drug-likeness (QED) is 0.935. The molecule has 4 heteroatoms. The van der Waals surface area contributed by atoms with Crippen molar-refractivity contribution >= 4 is 17.0 Å². The van der Waals surface area contributed by atoms with Crippen LogP contribution in [0.2, 0.25) is 0 Å². The summed E-state index contributed by atoms with van der Waals surface area (Å²) >= 11 is 1.86. The van der Waals surface area contributed by atoms with E-state index in [1.54, 1.807) is 0 Å². The Labute approximate surface area is 123 Å². The highest BCUT2D eigenvalue weighted by Gasteiger charge is 2.25. The number of rotatable bonds is 3. The summed E-state index contributed by atoms with van der Waals surface area (Å²) in [7, 11) is 0. The first kappa shape index (κ1) is 13.6. The van der Waals surface area contributed by atoms with Gasteiger partial charge in [0.1, 0.15) is 0 Å². The van der Waals surface area contributed by atoms with Gasteiger partial charge in [0.15, 0.2) is 0 Å². The lowest BCUT2D eigenvalue weighted by Gasteiger charge is -2.35. The summed E-state index contributed by atoms with van der Waals surface area (Å²) in [5.41, 5.74) is 3.34. The molecule has 106 valence electrons. The van der Waals surface area contributed by atoms with Crippen LogP contribution in [0.1, 0.15) is 48.5 Å². The first-order chi connectivity index (χ1) is 9.70. The van der Waals surface area contributed by atoms with Gasteiger partial charge in [0, 0.05) is 11.4 Å². The number of nitrogens with zero attached hydrogens (tertiary/aromatic N) is 2. The summed E-state index contributed by atoms with van der Waals surface area (Å²) in [6.07, 6.45) is 3.25. The van der Waals surface area contributed by atoms with Crippen molar-refractivity contribution in [3.8, 4) is 0 Å². The van der Waals surface area contributed by atoms with Gasteiger partial charge in [-0.2, -0.15) is 0 Å². The molecular formula is C16H20N2OS. The second-order valence-corrected chi connectivity index (χ2v) is 6.28. The molecule has 0 saturated carbocycles. The highest BCUT2D eigenvalue weighted by atomic mass is 32.1. The fraction of sp³-hybridized carbons (Fsp3) is 0.438. The van der Waals surface area contributed by atoms with Gasteiger partial charge in [0.2, 0.25) is 0 Å². The molecule has 1 unspecified atom stereocenters. The first-order valence-corrected chi connectivity index (χ1v) is 8.05. The standard InChI is InChI=1S/C16H20N2OS/c1-3-15(19)14-5-4-12(10-17-14)18-8-6-16-13(11(18)2)7-9-20-16/h4-5,7,9-11,15,19H,3,6,8H2,1-2H3/t11?,15-/m1/s1. The summed E-state index contributed by atoms with van der Waals surface area (Å²) in [5, 5.41) is 12.0. The van der Waals surface area contributed by atoms with Crippen molar-refractivity contribution in [3.05, 3.63) is 45.9 Å². The van der Waals surface area contributed by atoms with E-state index in [2.05, 4.69) is 34.3 Å². The van der Waals surface area contributed by atoms with Gasteiger partial charge < -0.3 is 10.0 Å². The van der Waals surface area contributed by atoms with E-state index in [1.165, 1.54) is 10.4 Å². The molecule has 2 aromatic rings. The molecule has 2 aromatic heterocycles. The Morgan fingerprint density at radius 2 is 2.30 bits per heavy atom. The zero-order valence-corrected chi connectivity index (χ0v) is 12.7. The SMILES string of the molecule is CC[C@@H](O)c1ccc(N2CCc3sccc3C2C)cn1. The Kier molecular flexibility index (Phi) is 3.76. The summed E-state index contributed by atoms with van der Waals surface area (Å²) in [6, 6.07) is 6.65. The van der Waals surface area contributed by atoms with Crippen molar-refractivity contribution < 1.29 is 5.11 Å². The van der Waals surface area contributed by atoms with Crippen LogP contribution in [0.3, 0.4) is 0 Å². The van der Waals surface area contributed by atoms with E-state index in [-0.39, 0.29) is 0 Å². The van der Waals surface area contributed by atoms with E-state index < -0.39 is 6.10 Å². The third-order valence-electron chi connectivity index (χ3n) is 4.11. The lowest BCUT2D eigenvalue weighted by atomic mass is 10.0. The molecule has 1 aliphatic heterocycles. The van der Waals surface area contributed by atoms with Gasteiger partial charge in [-0.3, -0.25) is 4.98 Å². The summed E-state index contributed by atoms with van der Waals surface area (Å²) < 4.78 is 0. The molecule has 0 radical (unpaired) electrons. The lowest BCUT2D eigenvalue weighted by molar-refractivity contribution is 0.169. The molecule has 1 aliphatic rings. The van der Waals surface area contributed by atoms with Crippen molar-refractivity contribution in [1.82, 2.24) is 4.98 Å². The number of hydrogen-bond acceptors (Lipinski definition) is 4. The third-order valence-corrected chi connectivity index (χ3v) is 5.10. The minimum atomic E-state index is -0.452. The number of hydrogen-bond donors (Lipinski definition) is 1. The van der Waals surface area contributed by atoms with Gasteiger partial charge in [-0.25, -0.2) is 0 Å². The van der Waals surface area contributed by atoms with Crippen LogP contribution in [0.25, 0.3) is 0 Å². The van der Waals surface area contributed by atoms with Crippen LogP contribution >= 0.6 is 11.3 Å². The fourth-order valence-electron chi connectivity index (χ4n) is 2.84. The van der Waals surface area contributed by atoms with E-state index in [9.17, 15) is 5.11 Å². The molecule has 0 amide bonds. The Morgan fingerprint density at radius 3 is 3.00 bits per heavy atom. The number of thiophene rings is 1. The maximum atomic E-state index is 9.81. The minimum Gasteiger partial charge on any atom is -0.387 e. The van der Waals surface area contributed by atoms with Crippen LogP contribution < -0.4 is 4.90 Å². The highest BCUT2D eigenvalue weighted by Crippen LogP contribution is 2.35. The normalized spacial score (nSPS) is 19.8. The van der Waals surface area contributed by atoms with Gasteiger partial charge >= 0.3 is 0 Å². The number of aliphatic hydroxyl groups excluding tert-OH is 1. The smallest absolute Gasteiger partial charge is 0.0957 e. The Bertz CT molecular complexity index is 578. The Hall–Kier alpha value is -1.39. The number of aliphatic hydroxyl groups is 1.